The average molecular weight is 438 g/mol. The minimum atomic E-state index is -0.645. The Kier molecular flexibility index (Phi) is 13.7. The third-order valence-electron chi connectivity index (χ3n) is 4.22. The normalized spacial score (nSPS) is 12.2. The van der Waals surface area contributed by atoms with Crippen LogP contribution in [0.5, 0.6) is 0 Å². The number of amides is 2. The summed E-state index contributed by atoms with van der Waals surface area (Å²) in [4.78, 5) is 24.3. The number of nitrogens with one attached hydrogen (secondary N) is 3. The molecule has 1 atom stereocenters. The lowest BCUT2D eigenvalue weighted by molar-refractivity contribution is -0.127. The minimum Gasteiger partial charge on any atom is -0.379 e. The van der Waals surface area contributed by atoms with Gasteiger partial charge in [0, 0.05) is 24.7 Å². The van der Waals surface area contributed by atoms with E-state index in [1.165, 1.54) is 0 Å². The van der Waals surface area contributed by atoms with Crippen molar-refractivity contribution in [3.05, 3.63) is 29.8 Å². The number of anilines is 1. The molecule has 1 aromatic carbocycles. The van der Waals surface area contributed by atoms with Gasteiger partial charge in [-0.3, -0.25) is 9.59 Å². The van der Waals surface area contributed by atoms with Gasteiger partial charge in [-0.1, -0.05) is 26.0 Å². The van der Waals surface area contributed by atoms with Crippen LogP contribution < -0.4 is 16.0 Å². The molecule has 0 saturated carbocycles. The molecule has 3 N–H and O–H groups in total. The molecule has 0 aromatic heterocycles. The Hall–Kier alpha value is -2.00. The number of benzene rings is 1. The molecule has 0 aliphatic carbocycles. The lowest BCUT2D eigenvalue weighted by atomic mass is 10.2. The molecule has 0 fully saturated rings. The van der Waals surface area contributed by atoms with Crippen LogP contribution in [0.3, 0.4) is 0 Å². The van der Waals surface area contributed by atoms with Gasteiger partial charge in [0.25, 0.3) is 0 Å². The molecule has 0 unspecified atom stereocenters. The Bertz CT molecular complexity index is 635. The Morgan fingerprint density at radius 2 is 1.55 bits per heavy atom. The zero-order valence-electron chi connectivity index (χ0n) is 19.5. The second-order valence-corrected chi connectivity index (χ2v) is 7.92. The fourth-order valence-corrected chi connectivity index (χ4v) is 2.48. The van der Waals surface area contributed by atoms with E-state index in [2.05, 4.69) is 29.8 Å². The molecular weight excluding hydrogens is 398 g/mol. The molecule has 0 aliphatic heterocycles. The SMILES string of the molecule is CC(C)NCCOCCOCCC(=O)N[C@@H](C)C(=O)Nc1ccc(COC(C)C)cc1. The van der Waals surface area contributed by atoms with E-state index in [9.17, 15) is 9.59 Å². The van der Waals surface area contributed by atoms with Crippen molar-refractivity contribution in [2.24, 2.45) is 0 Å². The molecule has 0 saturated heterocycles. The highest BCUT2D eigenvalue weighted by Gasteiger charge is 2.15. The van der Waals surface area contributed by atoms with E-state index in [1.807, 2.05) is 38.1 Å². The van der Waals surface area contributed by atoms with Crippen LogP contribution in [0.15, 0.2) is 24.3 Å². The predicted molar refractivity (Wildman–Crippen MR) is 122 cm³/mol. The highest BCUT2D eigenvalue weighted by Crippen LogP contribution is 2.11. The fraction of sp³-hybridized carbons (Fsp3) is 0.652. The number of carbonyl (C=O) groups excluding carboxylic acids is 2. The van der Waals surface area contributed by atoms with Crippen LogP contribution in [-0.4, -0.2) is 63.0 Å². The van der Waals surface area contributed by atoms with Crippen molar-refractivity contribution in [3.63, 3.8) is 0 Å². The summed E-state index contributed by atoms with van der Waals surface area (Å²) in [6.45, 7) is 13.0. The maximum atomic E-state index is 12.3. The molecule has 1 rings (SSSR count). The number of hydrogen-bond acceptors (Lipinski definition) is 6. The summed E-state index contributed by atoms with van der Waals surface area (Å²) in [5, 5.41) is 8.74. The van der Waals surface area contributed by atoms with Gasteiger partial charge in [-0.2, -0.15) is 0 Å². The fourth-order valence-electron chi connectivity index (χ4n) is 2.48. The van der Waals surface area contributed by atoms with Crippen LogP contribution in [0.1, 0.15) is 46.6 Å². The molecule has 8 nitrogen and oxygen atoms in total. The molecule has 0 heterocycles. The van der Waals surface area contributed by atoms with Crippen molar-refractivity contribution in [1.29, 1.82) is 0 Å². The van der Waals surface area contributed by atoms with E-state index < -0.39 is 6.04 Å². The first-order valence-corrected chi connectivity index (χ1v) is 11.0. The second-order valence-electron chi connectivity index (χ2n) is 7.92. The molecule has 0 spiro atoms. The summed E-state index contributed by atoms with van der Waals surface area (Å²) in [7, 11) is 0. The summed E-state index contributed by atoms with van der Waals surface area (Å²) in [6, 6.07) is 7.25. The summed E-state index contributed by atoms with van der Waals surface area (Å²) in [5.41, 5.74) is 1.71. The Balaban J connectivity index is 2.16. The van der Waals surface area contributed by atoms with Crippen molar-refractivity contribution < 1.29 is 23.8 Å². The standard InChI is InChI=1S/C23H39N3O5/c1-17(2)24-11-13-30-15-14-29-12-10-22(27)25-19(5)23(28)26-21-8-6-20(7-9-21)16-31-18(3)4/h6-9,17-19,24H,10-16H2,1-5H3,(H,25,27)(H,26,28)/t19-/m0/s1. The van der Waals surface area contributed by atoms with Crippen LogP contribution >= 0.6 is 0 Å². The largest absolute Gasteiger partial charge is 0.379 e. The van der Waals surface area contributed by atoms with Crippen molar-refractivity contribution >= 4 is 17.5 Å². The minimum absolute atomic E-state index is 0.166. The van der Waals surface area contributed by atoms with Crippen LogP contribution in [0, 0.1) is 0 Å². The van der Waals surface area contributed by atoms with Crippen LogP contribution in [0.4, 0.5) is 5.69 Å². The Labute approximate surface area is 186 Å². The van der Waals surface area contributed by atoms with E-state index in [-0.39, 0.29) is 30.9 Å². The molecule has 0 bridgehead atoms. The first-order valence-electron chi connectivity index (χ1n) is 11.0. The zero-order valence-corrected chi connectivity index (χ0v) is 19.5. The first-order chi connectivity index (χ1) is 14.8. The number of carbonyl (C=O) groups is 2. The third kappa shape index (κ3) is 13.8. The van der Waals surface area contributed by atoms with Crippen molar-refractivity contribution in [2.45, 2.75) is 65.8 Å². The van der Waals surface area contributed by atoms with E-state index in [0.29, 0.717) is 38.2 Å². The lowest BCUT2D eigenvalue weighted by Crippen LogP contribution is -2.41. The predicted octanol–water partition coefficient (Wildman–Crippen LogP) is 2.48. The van der Waals surface area contributed by atoms with Gasteiger partial charge in [0.2, 0.25) is 11.8 Å². The smallest absolute Gasteiger partial charge is 0.246 e. The molecule has 1 aromatic rings. The molecule has 31 heavy (non-hydrogen) atoms. The number of hydrogen-bond donors (Lipinski definition) is 3. The monoisotopic (exact) mass is 437 g/mol. The van der Waals surface area contributed by atoms with Gasteiger partial charge in [0.15, 0.2) is 0 Å². The highest BCUT2D eigenvalue weighted by molar-refractivity contribution is 5.96. The first kappa shape index (κ1) is 27.0. The van der Waals surface area contributed by atoms with Gasteiger partial charge in [-0.15, -0.1) is 0 Å². The quantitative estimate of drug-likeness (QED) is 0.344. The number of rotatable bonds is 16. The van der Waals surface area contributed by atoms with E-state index in [1.54, 1.807) is 6.92 Å². The highest BCUT2D eigenvalue weighted by atomic mass is 16.5. The van der Waals surface area contributed by atoms with Crippen molar-refractivity contribution in [1.82, 2.24) is 10.6 Å². The molecule has 0 aliphatic rings. The molecule has 8 heteroatoms. The molecule has 2 amide bonds. The van der Waals surface area contributed by atoms with Crippen LogP contribution in [-0.2, 0) is 30.4 Å². The van der Waals surface area contributed by atoms with Crippen LogP contribution in [0.2, 0.25) is 0 Å². The van der Waals surface area contributed by atoms with Gasteiger partial charge >= 0.3 is 0 Å². The van der Waals surface area contributed by atoms with E-state index >= 15 is 0 Å². The van der Waals surface area contributed by atoms with E-state index in [4.69, 9.17) is 14.2 Å². The van der Waals surface area contributed by atoms with Gasteiger partial charge in [0.1, 0.15) is 6.04 Å². The molecular formula is C23H39N3O5. The van der Waals surface area contributed by atoms with Crippen molar-refractivity contribution in [3.8, 4) is 0 Å². The van der Waals surface area contributed by atoms with Gasteiger partial charge in [-0.05, 0) is 38.5 Å². The van der Waals surface area contributed by atoms with E-state index in [0.717, 1.165) is 12.1 Å². The molecule has 0 radical (unpaired) electrons. The zero-order chi connectivity index (χ0) is 23.1. The maximum Gasteiger partial charge on any atom is 0.246 e. The average Bonchev–Trinajstić information content (AvgIpc) is 2.71. The van der Waals surface area contributed by atoms with Gasteiger partial charge in [0.05, 0.1) is 39.1 Å². The number of ether oxygens (including phenoxy) is 3. The van der Waals surface area contributed by atoms with Gasteiger partial charge < -0.3 is 30.2 Å². The van der Waals surface area contributed by atoms with Gasteiger partial charge in [-0.25, -0.2) is 0 Å². The Morgan fingerprint density at radius 3 is 2.16 bits per heavy atom. The van der Waals surface area contributed by atoms with Crippen molar-refractivity contribution in [2.75, 3.05) is 38.3 Å². The maximum absolute atomic E-state index is 12.3. The second kappa shape index (κ2) is 15.8. The topological polar surface area (TPSA) is 97.9 Å². The lowest BCUT2D eigenvalue weighted by Gasteiger charge is -2.15. The van der Waals surface area contributed by atoms with Crippen LogP contribution in [0.25, 0.3) is 0 Å². The summed E-state index contributed by atoms with van der Waals surface area (Å²) in [6.07, 6.45) is 0.358. The molecule has 176 valence electrons. The summed E-state index contributed by atoms with van der Waals surface area (Å²) in [5.74, 6) is -0.505. The third-order valence-corrected chi connectivity index (χ3v) is 4.22. The Morgan fingerprint density at radius 1 is 0.903 bits per heavy atom. The summed E-state index contributed by atoms with van der Waals surface area (Å²) < 4.78 is 16.4. The summed E-state index contributed by atoms with van der Waals surface area (Å²) >= 11 is 0.